The quantitative estimate of drug-likeness (QED) is 0.812. The van der Waals surface area contributed by atoms with Gasteiger partial charge in [-0.15, -0.1) is 0 Å². The molecule has 6 nitrogen and oxygen atoms in total. The van der Waals surface area contributed by atoms with Crippen LogP contribution < -0.4 is 18.9 Å². The predicted octanol–water partition coefficient (Wildman–Crippen LogP) is 3.55. The summed E-state index contributed by atoms with van der Waals surface area (Å²) < 4.78 is 22.3. The Morgan fingerprint density at radius 1 is 0.852 bits per heavy atom. The number of carbonyl (C=O) groups is 1. The van der Waals surface area contributed by atoms with Crippen molar-refractivity contribution >= 4 is 5.91 Å². The van der Waals surface area contributed by atoms with Gasteiger partial charge in [-0.25, -0.2) is 0 Å². The van der Waals surface area contributed by atoms with Gasteiger partial charge in [0.2, 0.25) is 6.79 Å². The zero-order valence-electron chi connectivity index (χ0n) is 15.0. The summed E-state index contributed by atoms with van der Waals surface area (Å²) >= 11 is 0. The van der Waals surface area contributed by atoms with Gasteiger partial charge in [-0.2, -0.15) is 0 Å². The van der Waals surface area contributed by atoms with Gasteiger partial charge in [-0.3, -0.25) is 4.79 Å². The Hall–Kier alpha value is -2.89. The maximum Gasteiger partial charge on any atom is 0.254 e. The van der Waals surface area contributed by atoms with Crippen LogP contribution in [0.25, 0.3) is 0 Å². The molecule has 27 heavy (non-hydrogen) atoms. The Morgan fingerprint density at radius 3 is 2.52 bits per heavy atom. The summed E-state index contributed by atoms with van der Waals surface area (Å²) in [6, 6.07) is 11.4. The number of nitrogens with zero attached hydrogens (tertiary/aromatic N) is 1. The van der Waals surface area contributed by atoms with Gasteiger partial charge in [0.25, 0.3) is 5.91 Å². The molecular weight excluding hydrogens is 346 g/mol. The topological polar surface area (TPSA) is 57.2 Å². The van der Waals surface area contributed by atoms with Crippen LogP contribution in [0.1, 0.15) is 41.2 Å². The Bertz CT molecular complexity index is 881. The largest absolute Gasteiger partial charge is 0.490 e. The standard InChI is InChI=1S/C21H21NO5/c23-21(15-5-7-18-20(12-15)27-13-26-18)22-8-1-3-16(22)14-4-6-17-19(11-14)25-10-2-9-24-17/h4-7,11-12,16H,1-3,8-10,13H2/t16-/m1/s1. The number of fused-ring (bicyclic) bond motifs is 2. The molecule has 2 aromatic carbocycles. The Balaban J connectivity index is 1.42. The third-order valence-electron chi connectivity index (χ3n) is 5.29. The van der Waals surface area contributed by atoms with Crippen molar-refractivity contribution in [1.29, 1.82) is 0 Å². The van der Waals surface area contributed by atoms with Crippen LogP contribution in [0.5, 0.6) is 23.0 Å². The maximum absolute atomic E-state index is 13.1. The van der Waals surface area contributed by atoms with E-state index in [1.54, 1.807) is 18.2 Å². The summed E-state index contributed by atoms with van der Waals surface area (Å²) in [6.45, 7) is 2.27. The van der Waals surface area contributed by atoms with Gasteiger partial charge in [0.05, 0.1) is 19.3 Å². The van der Waals surface area contributed by atoms with Crippen LogP contribution >= 0.6 is 0 Å². The van der Waals surface area contributed by atoms with Crippen LogP contribution in [-0.4, -0.2) is 37.4 Å². The van der Waals surface area contributed by atoms with Gasteiger partial charge in [0.15, 0.2) is 23.0 Å². The van der Waals surface area contributed by atoms with E-state index in [9.17, 15) is 4.79 Å². The molecule has 6 heteroatoms. The van der Waals surface area contributed by atoms with E-state index in [0.29, 0.717) is 30.3 Å². The van der Waals surface area contributed by atoms with Gasteiger partial charge in [-0.05, 0) is 48.7 Å². The summed E-state index contributed by atoms with van der Waals surface area (Å²) in [7, 11) is 0. The monoisotopic (exact) mass is 367 g/mol. The highest BCUT2D eigenvalue weighted by molar-refractivity contribution is 5.95. The third kappa shape index (κ3) is 2.95. The summed E-state index contributed by atoms with van der Waals surface area (Å²) in [6.07, 6.45) is 2.80. The number of ether oxygens (including phenoxy) is 4. The average Bonchev–Trinajstić information content (AvgIpc) is 3.31. The highest BCUT2D eigenvalue weighted by Crippen LogP contribution is 2.39. The number of likely N-dealkylation sites (tertiary alicyclic amines) is 1. The molecule has 2 aromatic rings. The van der Waals surface area contributed by atoms with Crippen LogP contribution in [-0.2, 0) is 0 Å². The smallest absolute Gasteiger partial charge is 0.254 e. The summed E-state index contributed by atoms with van der Waals surface area (Å²) in [5.74, 6) is 2.89. The van der Waals surface area contributed by atoms with Crippen LogP contribution in [0, 0.1) is 0 Å². The lowest BCUT2D eigenvalue weighted by molar-refractivity contribution is 0.0735. The molecule has 0 radical (unpaired) electrons. The number of hydrogen-bond donors (Lipinski definition) is 0. The minimum absolute atomic E-state index is 0.0166. The van der Waals surface area contributed by atoms with E-state index in [-0.39, 0.29) is 18.7 Å². The maximum atomic E-state index is 13.1. The van der Waals surface area contributed by atoms with E-state index < -0.39 is 0 Å². The molecule has 1 fully saturated rings. The van der Waals surface area contributed by atoms with Crippen molar-refractivity contribution < 1.29 is 23.7 Å². The van der Waals surface area contributed by atoms with Crippen molar-refractivity contribution in [2.24, 2.45) is 0 Å². The lowest BCUT2D eigenvalue weighted by Gasteiger charge is -2.26. The van der Waals surface area contributed by atoms with E-state index in [4.69, 9.17) is 18.9 Å². The second-order valence-corrected chi connectivity index (χ2v) is 6.98. The van der Waals surface area contributed by atoms with Crippen LogP contribution in [0.2, 0.25) is 0 Å². The predicted molar refractivity (Wildman–Crippen MR) is 97.6 cm³/mol. The molecule has 0 bridgehead atoms. The van der Waals surface area contributed by atoms with Crippen molar-refractivity contribution in [2.75, 3.05) is 26.6 Å². The van der Waals surface area contributed by atoms with E-state index in [1.807, 2.05) is 23.1 Å². The first-order valence-corrected chi connectivity index (χ1v) is 9.40. The van der Waals surface area contributed by atoms with Gasteiger partial charge in [0, 0.05) is 18.5 Å². The van der Waals surface area contributed by atoms with E-state index in [0.717, 1.165) is 42.9 Å². The third-order valence-corrected chi connectivity index (χ3v) is 5.29. The van der Waals surface area contributed by atoms with Gasteiger partial charge >= 0.3 is 0 Å². The Kier molecular flexibility index (Phi) is 4.03. The van der Waals surface area contributed by atoms with Crippen molar-refractivity contribution in [3.05, 3.63) is 47.5 Å². The first-order valence-electron chi connectivity index (χ1n) is 9.40. The first kappa shape index (κ1) is 16.3. The molecule has 3 heterocycles. The molecular formula is C21H21NO5. The minimum Gasteiger partial charge on any atom is -0.490 e. The lowest BCUT2D eigenvalue weighted by Crippen LogP contribution is -2.30. The lowest BCUT2D eigenvalue weighted by atomic mass is 10.0. The Labute approximate surface area is 157 Å². The zero-order valence-corrected chi connectivity index (χ0v) is 15.0. The molecule has 1 amide bonds. The van der Waals surface area contributed by atoms with E-state index in [1.165, 1.54) is 0 Å². The normalized spacial score (nSPS) is 20.4. The first-order chi connectivity index (χ1) is 13.3. The molecule has 1 atom stereocenters. The van der Waals surface area contributed by atoms with Crippen molar-refractivity contribution in [2.45, 2.75) is 25.3 Å². The summed E-state index contributed by atoms with van der Waals surface area (Å²) in [4.78, 5) is 15.1. The molecule has 0 spiro atoms. The average molecular weight is 367 g/mol. The number of amides is 1. The molecule has 0 N–H and O–H groups in total. The second kappa shape index (κ2) is 6.68. The molecule has 0 aromatic heterocycles. The number of rotatable bonds is 2. The fourth-order valence-corrected chi connectivity index (χ4v) is 3.94. The van der Waals surface area contributed by atoms with E-state index >= 15 is 0 Å². The number of carbonyl (C=O) groups excluding carboxylic acids is 1. The van der Waals surface area contributed by atoms with Gasteiger partial charge in [0.1, 0.15) is 0 Å². The van der Waals surface area contributed by atoms with Crippen molar-refractivity contribution in [3.63, 3.8) is 0 Å². The highest BCUT2D eigenvalue weighted by atomic mass is 16.7. The molecule has 0 unspecified atom stereocenters. The van der Waals surface area contributed by atoms with Crippen LogP contribution in [0.15, 0.2) is 36.4 Å². The molecule has 0 saturated carbocycles. The zero-order chi connectivity index (χ0) is 18.2. The van der Waals surface area contributed by atoms with Gasteiger partial charge in [-0.1, -0.05) is 6.07 Å². The molecule has 3 aliphatic heterocycles. The second-order valence-electron chi connectivity index (χ2n) is 6.98. The van der Waals surface area contributed by atoms with Crippen LogP contribution in [0.4, 0.5) is 0 Å². The summed E-state index contributed by atoms with van der Waals surface area (Å²) in [5, 5.41) is 0. The van der Waals surface area contributed by atoms with Crippen molar-refractivity contribution in [1.82, 2.24) is 4.90 Å². The SMILES string of the molecule is O=C(c1ccc2c(c1)OCO2)N1CCC[C@@H]1c1ccc2c(c1)OCCCO2. The fraction of sp³-hybridized carbons (Fsp3) is 0.381. The highest BCUT2D eigenvalue weighted by Gasteiger charge is 2.32. The fourth-order valence-electron chi connectivity index (χ4n) is 3.94. The molecule has 140 valence electrons. The van der Waals surface area contributed by atoms with Crippen molar-refractivity contribution in [3.8, 4) is 23.0 Å². The number of benzene rings is 2. The molecule has 3 aliphatic rings. The van der Waals surface area contributed by atoms with Crippen LogP contribution in [0.3, 0.4) is 0 Å². The van der Waals surface area contributed by atoms with E-state index in [2.05, 4.69) is 0 Å². The molecule has 1 saturated heterocycles. The summed E-state index contributed by atoms with van der Waals surface area (Å²) in [5.41, 5.74) is 1.71. The molecule has 5 rings (SSSR count). The molecule has 0 aliphatic carbocycles. The number of hydrogen-bond acceptors (Lipinski definition) is 5. The minimum atomic E-state index is 0.0166. The van der Waals surface area contributed by atoms with Gasteiger partial charge < -0.3 is 23.8 Å². The Morgan fingerprint density at radius 2 is 1.59 bits per heavy atom.